The normalized spacial score (nSPS) is 9.87. The molecule has 0 bridgehead atoms. The maximum Gasteiger partial charge on any atom is 1.00 e. The van der Waals surface area contributed by atoms with Crippen molar-refractivity contribution < 1.29 is 37.4 Å². The number of aromatic nitrogens is 3. The smallest absolute Gasteiger partial charge is 0.505 e. The number of hydrogen-bond acceptors (Lipinski definition) is 4. The monoisotopic (exact) mass is 300 g/mol. The molecule has 0 spiro atoms. The van der Waals surface area contributed by atoms with Gasteiger partial charge in [-0.2, -0.15) is 15.4 Å². The van der Waals surface area contributed by atoms with Crippen molar-refractivity contribution in [3.8, 4) is 5.75 Å². The van der Waals surface area contributed by atoms with Crippen LogP contribution in [0.3, 0.4) is 0 Å². The molecule has 1 heterocycles. The van der Waals surface area contributed by atoms with Gasteiger partial charge in [-0.3, -0.25) is 4.79 Å². The van der Waals surface area contributed by atoms with Crippen LogP contribution in [0.5, 0.6) is 5.75 Å². The molecule has 0 fully saturated rings. The summed E-state index contributed by atoms with van der Waals surface area (Å²) in [4.78, 5) is 10.4. The largest absolute Gasteiger partial charge is 1.00 e. The number of hydrogen-bond donors (Lipinski definition) is 3. The summed E-state index contributed by atoms with van der Waals surface area (Å²) in [6, 6.07) is 3.13. The van der Waals surface area contributed by atoms with Crippen molar-refractivity contribution in [1.82, 2.24) is 15.4 Å². The second kappa shape index (κ2) is 4.43. The van der Waals surface area contributed by atoms with Crippen molar-refractivity contribution in [2.24, 2.45) is 0 Å². The number of fused-ring (bicyclic) bond motifs is 1. The van der Waals surface area contributed by atoms with Crippen LogP contribution in [0.2, 0.25) is 0 Å². The molecule has 0 atom stereocenters. The zero-order valence-electron chi connectivity index (χ0n) is 7.36. The molecular formula is C8H7AgN3O3+. The molecule has 7 heteroatoms. The Bertz CT molecular complexity index is 497. The van der Waals surface area contributed by atoms with E-state index in [-0.39, 0.29) is 34.6 Å². The van der Waals surface area contributed by atoms with Gasteiger partial charge >= 0.3 is 28.3 Å². The van der Waals surface area contributed by atoms with Gasteiger partial charge in [-0.25, -0.2) is 0 Å². The Balaban J connectivity index is 0.00000112. The van der Waals surface area contributed by atoms with Crippen LogP contribution in [0.15, 0.2) is 12.1 Å². The molecule has 0 aliphatic carbocycles. The Morgan fingerprint density at radius 1 is 1.40 bits per heavy atom. The number of carboxylic acids is 1. The van der Waals surface area contributed by atoms with Gasteiger partial charge in [0.05, 0.1) is 6.42 Å². The van der Waals surface area contributed by atoms with Gasteiger partial charge in [-0.1, -0.05) is 6.07 Å². The molecule has 6 nitrogen and oxygen atoms in total. The van der Waals surface area contributed by atoms with Crippen molar-refractivity contribution in [3.63, 3.8) is 0 Å². The number of carbonyl (C=O) groups is 1. The van der Waals surface area contributed by atoms with Gasteiger partial charge in [0.1, 0.15) is 11.3 Å². The third-order valence-electron chi connectivity index (χ3n) is 1.89. The van der Waals surface area contributed by atoms with Crippen LogP contribution in [0.1, 0.15) is 5.56 Å². The van der Waals surface area contributed by atoms with Gasteiger partial charge in [-0.05, 0) is 6.07 Å². The van der Waals surface area contributed by atoms with Gasteiger partial charge in [0, 0.05) is 5.56 Å². The molecule has 0 radical (unpaired) electrons. The van der Waals surface area contributed by atoms with Crippen LogP contribution >= 0.6 is 0 Å². The van der Waals surface area contributed by atoms with Crippen LogP contribution in [0, 0.1) is 0 Å². The molecule has 2 aromatic rings. The third-order valence-corrected chi connectivity index (χ3v) is 1.89. The van der Waals surface area contributed by atoms with Crippen LogP contribution < -0.4 is 0 Å². The van der Waals surface area contributed by atoms with E-state index >= 15 is 0 Å². The number of aromatic hydroxyl groups is 1. The number of aliphatic carboxylic acids is 1. The summed E-state index contributed by atoms with van der Waals surface area (Å²) in [6.07, 6.45) is -0.228. The average molecular weight is 301 g/mol. The zero-order valence-corrected chi connectivity index (χ0v) is 8.84. The number of H-pyrrole nitrogens is 1. The molecule has 1 aromatic carbocycles. The van der Waals surface area contributed by atoms with E-state index in [4.69, 9.17) is 5.11 Å². The van der Waals surface area contributed by atoms with E-state index in [1.54, 1.807) is 6.07 Å². The SMILES string of the molecule is O=C(O)Cc1ccc2n[nH]nc2c1O.[Ag+]. The molecule has 0 saturated heterocycles. The fraction of sp³-hybridized carbons (Fsp3) is 0.125. The van der Waals surface area contributed by atoms with Gasteiger partial charge in [0.15, 0.2) is 5.52 Å². The van der Waals surface area contributed by atoms with Gasteiger partial charge < -0.3 is 10.2 Å². The maximum absolute atomic E-state index is 10.4. The first-order chi connectivity index (χ1) is 6.68. The number of rotatable bonds is 2. The van der Waals surface area contributed by atoms with Gasteiger partial charge in [0.25, 0.3) is 0 Å². The number of nitrogens with one attached hydrogen (secondary N) is 1. The second-order valence-electron chi connectivity index (χ2n) is 2.84. The Kier molecular flexibility index (Phi) is 3.46. The first kappa shape index (κ1) is 11.7. The average Bonchev–Trinajstić information content (AvgIpc) is 2.57. The van der Waals surface area contributed by atoms with Crippen LogP contribution in [-0.4, -0.2) is 31.6 Å². The van der Waals surface area contributed by atoms with E-state index in [1.165, 1.54) is 6.07 Å². The molecule has 3 N–H and O–H groups in total. The number of phenols is 1. The number of phenolic OH excluding ortho intramolecular Hbond substituents is 1. The number of aromatic amines is 1. The molecule has 15 heavy (non-hydrogen) atoms. The fourth-order valence-electron chi connectivity index (χ4n) is 1.25. The summed E-state index contributed by atoms with van der Waals surface area (Å²) in [6.45, 7) is 0. The fourth-order valence-corrected chi connectivity index (χ4v) is 1.25. The van der Waals surface area contributed by atoms with Crippen LogP contribution in [0.25, 0.3) is 11.0 Å². The Morgan fingerprint density at radius 3 is 2.80 bits per heavy atom. The summed E-state index contributed by atoms with van der Waals surface area (Å²) < 4.78 is 0. The quantitative estimate of drug-likeness (QED) is 0.692. The van der Waals surface area contributed by atoms with E-state index in [9.17, 15) is 9.90 Å². The predicted octanol–water partition coefficient (Wildman–Crippen LogP) is 0.288. The molecule has 0 saturated carbocycles. The number of carboxylic acid groups (broad SMARTS) is 1. The summed E-state index contributed by atoms with van der Waals surface area (Å²) in [5.74, 6) is -1.12. The van der Waals surface area contributed by atoms with Crippen molar-refractivity contribution in [2.75, 3.05) is 0 Å². The molecular weight excluding hydrogens is 294 g/mol. The maximum atomic E-state index is 10.4. The standard InChI is InChI=1S/C8H7N3O3.Ag/c12-6(13)3-4-1-2-5-7(8(4)14)10-11-9-5;/h1-2,14H,3H2,(H,12,13)(H,9,10,11);/q;+1. The van der Waals surface area contributed by atoms with E-state index in [0.29, 0.717) is 16.6 Å². The molecule has 2 rings (SSSR count). The summed E-state index contributed by atoms with van der Waals surface area (Å²) in [7, 11) is 0. The van der Waals surface area contributed by atoms with Crippen molar-refractivity contribution in [1.29, 1.82) is 0 Å². The minimum Gasteiger partial charge on any atom is -0.505 e. The summed E-state index contributed by atoms with van der Waals surface area (Å²) >= 11 is 0. The van der Waals surface area contributed by atoms with Crippen molar-refractivity contribution >= 4 is 17.0 Å². The molecule has 0 unspecified atom stereocenters. The molecule has 0 amide bonds. The van der Waals surface area contributed by atoms with E-state index < -0.39 is 5.97 Å². The minimum atomic E-state index is -0.997. The molecule has 0 aliphatic heterocycles. The first-order valence-corrected chi connectivity index (χ1v) is 3.91. The molecule has 82 valence electrons. The third kappa shape index (κ3) is 2.17. The van der Waals surface area contributed by atoms with Gasteiger partial charge in [-0.15, -0.1) is 0 Å². The first-order valence-electron chi connectivity index (χ1n) is 3.91. The summed E-state index contributed by atoms with van der Waals surface area (Å²) in [5.41, 5.74) is 1.14. The summed E-state index contributed by atoms with van der Waals surface area (Å²) in [5, 5.41) is 28.0. The predicted molar refractivity (Wildman–Crippen MR) is 46.9 cm³/mol. The Hall–Kier alpha value is -1.37. The molecule has 0 aliphatic rings. The van der Waals surface area contributed by atoms with E-state index in [2.05, 4.69) is 15.4 Å². The van der Waals surface area contributed by atoms with Crippen LogP contribution in [-0.2, 0) is 33.6 Å². The number of benzene rings is 1. The van der Waals surface area contributed by atoms with E-state index in [1.807, 2.05) is 0 Å². The second-order valence-corrected chi connectivity index (χ2v) is 2.84. The topological polar surface area (TPSA) is 99.1 Å². The minimum absolute atomic E-state index is 0. The number of nitrogens with zero attached hydrogens (tertiary/aromatic N) is 2. The van der Waals surface area contributed by atoms with Crippen molar-refractivity contribution in [2.45, 2.75) is 6.42 Å². The Morgan fingerprint density at radius 2 is 2.13 bits per heavy atom. The molecule has 1 aromatic heterocycles. The van der Waals surface area contributed by atoms with Gasteiger partial charge in [0.2, 0.25) is 0 Å². The van der Waals surface area contributed by atoms with Crippen molar-refractivity contribution in [3.05, 3.63) is 17.7 Å². The zero-order chi connectivity index (χ0) is 10.1. The van der Waals surface area contributed by atoms with E-state index in [0.717, 1.165) is 0 Å². The Labute approximate surface area is 99.8 Å². The van der Waals surface area contributed by atoms with Crippen LogP contribution in [0.4, 0.5) is 0 Å².